The first-order valence-electron chi connectivity index (χ1n) is 2.02. The van der Waals surface area contributed by atoms with Gasteiger partial charge < -0.3 is 0 Å². The van der Waals surface area contributed by atoms with Crippen molar-refractivity contribution in [3.63, 3.8) is 0 Å². The average Bonchev–Trinajstić information content (AvgIpc) is 2.14. The van der Waals surface area contributed by atoms with Gasteiger partial charge in [-0.3, -0.25) is 4.68 Å². The molecule has 1 aromatic heterocycles. The van der Waals surface area contributed by atoms with E-state index in [-0.39, 0.29) is 5.95 Å². The summed E-state index contributed by atoms with van der Waals surface area (Å²) in [5.41, 5.74) is 0. The maximum atomic E-state index is 9.63. The molecule has 0 aliphatic rings. The molecule has 0 unspecified atom stereocenters. The smallest absolute Gasteiger partial charge is 0.254 e. The van der Waals surface area contributed by atoms with Gasteiger partial charge in [0.05, 0.1) is 0 Å². The van der Waals surface area contributed by atoms with E-state index in [0.717, 1.165) is 0 Å². The highest BCUT2D eigenvalue weighted by atomic mass is 16.3. The van der Waals surface area contributed by atoms with Gasteiger partial charge in [0.25, 0.3) is 0 Å². The molecular formula is C3H4N4O. The second-order valence-corrected chi connectivity index (χ2v) is 1.31. The summed E-state index contributed by atoms with van der Waals surface area (Å²) in [4.78, 5) is 13.1. The maximum absolute atomic E-state index is 9.63. The van der Waals surface area contributed by atoms with Crippen LogP contribution >= 0.6 is 0 Å². The molecule has 5 nitrogen and oxygen atoms in total. The summed E-state index contributed by atoms with van der Waals surface area (Å²) in [5, 5.41) is 6.05. The van der Waals surface area contributed by atoms with Gasteiger partial charge >= 0.3 is 5.95 Å². The lowest BCUT2D eigenvalue weighted by atomic mass is 11.1. The monoisotopic (exact) mass is 112 g/mol. The molecule has 0 spiro atoms. The highest BCUT2D eigenvalue weighted by Gasteiger charge is 1.92. The molecular weight excluding hydrogens is 108 g/mol. The molecule has 8 heavy (non-hydrogen) atoms. The summed E-state index contributed by atoms with van der Waals surface area (Å²) >= 11 is 0. The third-order valence-electron chi connectivity index (χ3n) is 0.669. The fraction of sp³-hybridized carbons (Fsp3) is 0.333. The molecule has 0 saturated heterocycles. The quantitative estimate of drug-likeness (QED) is 0.488. The summed E-state index contributed by atoms with van der Waals surface area (Å²) in [6.45, 7) is 0. The molecule has 42 valence electrons. The first-order valence-corrected chi connectivity index (χ1v) is 2.02. The lowest BCUT2D eigenvalue weighted by molar-refractivity contribution is 0.766. The molecule has 5 heteroatoms. The largest absolute Gasteiger partial charge is 0.309 e. The van der Waals surface area contributed by atoms with E-state index < -0.39 is 0 Å². The zero-order valence-corrected chi connectivity index (χ0v) is 4.27. The minimum absolute atomic E-state index is 0.0208. The summed E-state index contributed by atoms with van der Waals surface area (Å²) in [6.07, 6.45) is 1.41. The van der Waals surface area contributed by atoms with Crippen LogP contribution < -0.4 is 0 Å². The number of nitrogens with zero attached hydrogens (tertiary/aromatic N) is 4. The van der Waals surface area contributed by atoms with Crippen LogP contribution in [0.15, 0.2) is 11.5 Å². The van der Waals surface area contributed by atoms with Gasteiger partial charge in [-0.2, -0.15) is 4.98 Å². The number of aromatic nitrogens is 3. The van der Waals surface area contributed by atoms with E-state index in [1.54, 1.807) is 7.05 Å². The van der Waals surface area contributed by atoms with Crippen LogP contribution in [0.25, 0.3) is 0 Å². The van der Waals surface area contributed by atoms with Gasteiger partial charge in [-0.05, 0) is 0 Å². The molecule has 0 radical (unpaired) electrons. The van der Waals surface area contributed by atoms with Crippen LogP contribution in [0.4, 0.5) is 5.95 Å². The molecule has 0 aliphatic heterocycles. The van der Waals surface area contributed by atoms with Gasteiger partial charge in [-0.1, -0.05) is 0 Å². The predicted molar refractivity (Wildman–Crippen MR) is 26.5 cm³/mol. The van der Waals surface area contributed by atoms with Crippen molar-refractivity contribution >= 4 is 5.95 Å². The second-order valence-electron chi connectivity index (χ2n) is 1.31. The lowest BCUT2D eigenvalue weighted by Crippen LogP contribution is -1.84. The Kier molecular flexibility index (Phi) is 1.03. The van der Waals surface area contributed by atoms with Crippen LogP contribution in [0, 0.1) is 4.91 Å². The Labute approximate surface area is 45.3 Å². The minimum Gasteiger partial charge on any atom is -0.254 e. The molecule has 0 atom stereocenters. The van der Waals surface area contributed by atoms with Crippen molar-refractivity contribution in [2.24, 2.45) is 12.2 Å². The topological polar surface area (TPSA) is 60.1 Å². The van der Waals surface area contributed by atoms with Crippen LogP contribution in [0.2, 0.25) is 0 Å². The molecule has 0 N–H and O–H groups in total. The number of nitroso groups, excluding NO2 is 1. The Bertz CT molecular complexity index is 193. The number of aryl methyl sites for hydroxylation is 1. The Hall–Kier alpha value is -1.26. The summed E-state index contributed by atoms with van der Waals surface area (Å²) < 4.78 is 1.41. The molecule has 0 aromatic carbocycles. The molecule has 1 rings (SSSR count). The van der Waals surface area contributed by atoms with E-state index >= 15 is 0 Å². The zero-order chi connectivity index (χ0) is 5.98. The molecule has 0 amide bonds. The van der Waals surface area contributed by atoms with Gasteiger partial charge in [0.15, 0.2) is 0 Å². The number of hydrogen-bond acceptors (Lipinski definition) is 4. The molecule has 0 bridgehead atoms. The van der Waals surface area contributed by atoms with Crippen LogP contribution in [0.5, 0.6) is 0 Å². The van der Waals surface area contributed by atoms with Crippen LogP contribution in [0.3, 0.4) is 0 Å². The highest BCUT2D eigenvalue weighted by Crippen LogP contribution is 1.96. The Morgan fingerprint density at radius 1 is 1.88 bits per heavy atom. The Morgan fingerprint density at radius 2 is 2.62 bits per heavy atom. The van der Waals surface area contributed by atoms with Crippen molar-refractivity contribution < 1.29 is 0 Å². The first-order chi connectivity index (χ1) is 3.83. The number of rotatable bonds is 1. The van der Waals surface area contributed by atoms with Gasteiger partial charge in [-0.15, -0.1) is 10.0 Å². The van der Waals surface area contributed by atoms with Crippen molar-refractivity contribution in [3.05, 3.63) is 11.2 Å². The van der Waals surface area contributed by atoms with E-state index in [0.29, 0.717) is 0 Å². The van der Waals surface area contributed by atoms with Crippen LogP contribution in [-0.2, 0) is 7.05 Å². The Morgan fingerprint density at radius 3 is 2.88 bits per heavy atom. The van der Waals surface area contributed by atoms with E-state index in [1.165, 1.54) is 11.0 Å². The summed E-state index contributed by atoms with van der Waals surface area (Å²) in [7, 11) is 1.67. The van der Waals surface area contributed by atoms with Crippen LogP contribution in [0.1, 0.15) is 0 Å². The summed E-state index contributed by atoms with van der Waals surface area (Å²) in [6, 6.07) is 0. The third kappa shape index (κ3) is 0.699. The van der Waals surface area contributed by atoms with Gasteiger partial charge in [-0.25, -0.2) is 0 Å². The van der Waals surface area contributed by atoms with E-state index in [4.69, 9.17) is 0 Å². The van der Waals surface area contributed by atoms with Crippen molar-refractivity contribution in [1.82, 2.24) is 14.8 Å². The van der Waals surface area contributed by atoms with E-state index in [1.807, 2.05) is 0 Å². The highest BCUT2D eigenvalue weighted by molar-refractivity contribution is 5.07. The fourth-order valence-corrected chi connectivity index (χ4v) is 0.370. The fourth-order valence-electron chi connectivity index (χ4n) is 0.370. The molecule has 0 saturated carbocycles. The van der Waals surface area contributed by atoms with Gasteiger partial charge in [0.1, 0.15) is 6.33 Å². The van der Waals surface area contributed by atoms with Crippen molar-refractivity contribution in [2.75, 3.05) is 0 Å². The normalized spacial score (nSPS) is 9.12. The Balaban J connectivity index is 3.00. The zero-order valence-electron chi connectivity index (χ0n) is 4.27. The lowest BCUT2D eigenvalue weighted by Gasteiger charge is -1.75. The van der Waals surface area contributed by atoms with E-state index in [9.17, 15) is 4.91 Å². The number of hydrogen-bond donors (Lipinski definition) is 0. The first kappa shape index (κ1) is 4.89. The third-order valence-corrected chi connectivity index (χ3v) is 0.669. The van der Waals surface area contributed by atoms with E-state index in [2.05, 4.69) is 15.3 Å². The standard InChI is InChI=1S/C3H4N4O/c1-7-2-4-3(5-7)6-8/h2H,1H3. The van der Waals surface area contributed by atoms with Gasteiger partial charge in [0, 0.05) is 12.2 Å². The predicted octanol–water partition coefficient (Wildman–Crippen LogP) is 0.213. The second kappa shape index (κ2) is 1.69. The maximum Gasteiger partial charge on any atom is 0.309 e. The molecule has 0 fully saturated rings. The van der Waals surface area contributed by atoms with Crippen molar-refractivity contribution in [1.29, 1.82) is 0 Å². The van der Waals surface area contributed by atoms with Gasteiger partial charge in [0.2, 0.25) is 0 Å². The SMILES string of the molecule is Cn1cnc(N=O)n1. The van der Waals surface area contributed by atoms with Crippen LogP contribution in [-0.4, -0.2) is 14.8 Å². The molecule has 1 heterocycles. The molecule has 1 aromatic rings. The molecule has 0 aliphatic carbocycles. The summed E-state index contributed by atoms with van der Waals surface area (Å²) in [5.74, 6) is -0.0208. The average molecular weight is 112 g/mol. The minimum atomic E-state index is -0.0208. The van der Waals surface area contributed by atoms with Crippen molar-refractivity contribution in [2.45, 2.75) is 0 Å². The van der Waals surface area contributed by atoms with Crippen molar-refractivity contribution in [3.8, 4) is 0 Å².